The summed E-state index contributed by atoms with van der Waals surface area (Å²) in [4.78, 5) is 0. The second-order valence-corrected chi connectivity index (χ2v) is 6.17. The van der Waals surface area contributed by atoms with Crippen molar-refractivity contribution in [2.24, 2.45) is 11.8 Å². The molecule has 3 aliphatic rings. The molecule has 0 aliphatic heterocycles. The van der Waals surface area contributed by atoms with Crippen LogP contribution in [0.15, 0.2) is 36.4 Å². The zero-order valence-corrected chi connectivity index (χ0v) is 9.89. The summed E-state index contributed by atoms with van der Waals surface area (Å²) in [5.41, 5.74) is 3.42. The molecule has 0 aromatic heterocycles. The minimum atomic E-state index is 0.926. The van der Waals surface area contributed by atoms with Crippen molar-refractivity contribution in [2.75, 3.05) is 0 Å². The molecule has 4 atom stereocenters. The Balaban J connectivity index is 1.82. The molecule has 0 amide bonds. The molecule has 2 saturated carbocycles. The van der Waals surface area contributed by atoms with Crippen molar-refractivity contribution in [2.45, 2.75) is 31.1 Å². The number of fused-ring (bicyclic) bond motifs is 10. The Hall–Kier alpha value is -1.30. The fourth-order valence-electron chi connectivity index (χ4n) is 5.03. The highest BCUT2D eigenvalue weighted by Crippen LogP contribution is 2.68. The predicted octanol–water partition coefficient (Wildman–Crippen LogP) is 4.45. The van der Waals surface area contributed by atoms with E-state index in [9.17, 15) is 0 Å². The minimum Gasteiger partial charge on any atom is -0.0616 e. The van der Waals surface area contributed by atoms with Gasteiger partial charge in [0.05, 0.1) is 0 Å². The molecule has 0 spiro atoms. The monoisotopic (exact) mass is 220 g/mol. The molecular formula is C17H16. The van der Waals surface area contributed by atoms with E-state index >= 15 is 0 Å². The summed E-state index contributed by atoms with van der Waals surface area (Å²) in [6.07, 6.45) is 4.50. The van der Waals surface area contributed by atoms with Crippen LogP contribution in [-0.2, 0) is 0 Å². The third kappa shape index (κ3) is 0.887. The quantitative estimate of drug-likeness (QED) is 0.615. The number of rotatable bonds is 0. The van der Waals surface area contributed by atoms with Crippen LogP contribution in [0.4, 0.5) is 0 Å². The molecular weight excluding hydrogens is 204 g/mol. The maximum atomic E-state index is 2.42. The van der Waals surface area contributed by atoms with Gasteiger partial charge in [0, 0.05) is 0 Å². The van der Waals surface area contributed by atoms with Crippen LogP contribution >= 0.6 is 0 Å². The average Bonchev–Trinajstić information content (AvgIpc) is 2.89. The van der Waals surface area contributed by atoms with E-state index in [-0.39, 0.29) is 0 Å². The first-order chi connectivity index (χ1) is 8.43. The molecule has 5 rings (SSSR count). The summed E-state index contributed by atoms with van der Waals surface area (Å²) in [5.74, 6) is 3.91. The molecule has 0 N–H and O–H groups in total. The standard InChI is InChI=1S/C17H16/c1-2-4-13-10(3-1)7-8-14-15-11-5-6-12(9-11)16(15)17(13)14/h1-4,7-8,11-12,15-16H,5-6,9H2/t11-,12+,15-,16-/m1/s1. The Bertz CT molecular complexity index is 625. The van der Waals surface area contributed by atoms with Gasteiger partial charge < -0.3 is 0 Å². The first-order valence-electron chi connectivity index (χ1n) is 6.95. The van der Waals surface area contributed by atoms with Gasteiger partial charge >= 0.3 is 0 Å². The van der Waals surface area contributed by atoms with E-state index in [1.165, 1.54) is 24.6 Å². The van der Waals surface area contributed by atoms with Gasteiger partial charge in [-0.25, -0.2) is 0 Å². The smallest absolute Gasteiger partial charge is 0.00529 e. The number of benzene rings is 2. The predicted molar refractivity (Wildman–Crippen MR) is 70.3 cm³/mol. The molecule has 2 bridgehead atoms. The Morgan fingerprint density at radius 3 is 2.59 bits per heavy atom. The van der Waals surface area contributed by atoms with Crippen LogP contribution in [0.3, 0.4) is 0 Å². The van der Waals surface area contributed by atoms with Crippen LogP contribution in [0, 0.1) is 11.8 Å². The van der Waals surface area contributed by atoms with Gasteiger partial charge in [0.1, 0.15) is 0 Å². The van der Waals surface area contributed by atoms with Gasteiger partial charge in [-0.2, -0.15) is 0 Å². The first-order valence-corrected chi connectivity index (χ1v) is 6.95. The van der Waals surface area contributed by atoms with Crippen LogP contribution in [0.2, 0.25) is 0 Å². The SMILES string of the molecule is c1ccc2c3c(ccc2c1)[C@H]1[C@@H]2CC[C@@H](C2)[C@@H]31. The zero-order chi connectivity index (χ0) is 11.0. The highest BCUT2D eigenvalue weighted by molar-refractivity contribution is 5.89. The normalized spacial score (nSPS) is 36.7. The van der Waals surface area contributed by atoms with E-state index in [4.69, 9.17) is 0 Å². The van der Waals surface area contributed by atoms with Gasteiger partial charge in [-0.05, 0) is 64.8 Å². The summed E-state index contributed by atoms with van der Waals surface area (Å²) >= 11 is 0. The Kier molecular flexibility index (Phi) is 1.41. The molecule has 17 heavy (non-hydrogen) atoms. The molecule has 0 unspecified atom stereocenters. The third-order valence-electron chi connectivity index (χ3n) is 5.61. The van der Waals surface area contributed by atoms with Crippen molar-refractivity contribution >= 4 is 10.8 Å². The van der Waals surface area contributed by atoms with Gasteiger partial charge in [-0.1, -0.05) is 36.4 Å². The second kappa shape index (κ2) is 2.75. The highest BCUT2D eigenvalue weighted by Gasteiger charge is 2.55. The lowest BCUT2D eigenvalue weighted by Crippen LogP contribution is -2.29. The van der Waals surface area contributed by atoms with Crippen molar-refractivity contribution in [3.63, 3.8) is 0 Å². The molecule has 3 aliphatic carbocycles. The van der Waals surface area contributed by atoms with Crippen molar-refractivity contribution in [1.82, 2.24) is 0 Å². The molecule has 0 heterocycles. The molecule has 0 heteroatoms. The Morgan fingerprint density at radius 1 is 0.824 bits per heavy atom. The van der Waals surface area contributed by atoms with E-state index in [1.54, 1.807) is 16.5 Å². The van der Waals surface area contributed by atoms with Crippen molar-refractivity contribution in [3.05, 3.63) is 47.5 Å². The average molecular weight is 220 g/mol. The molecule has 2 aromatic rings. The van der Waals surface area contributed by atoms with Gasteiger partial charge in [-0.3, -0.25) is 0 Å². The van der Waals surface area contributed by atoms with Crippen LogP contribution < -0.4 is 0 Å². The van der Waals surface area contributed by atoms with Crippen molar-refractivity contribution in [1.29, 1.82) is 0 Å². The van der Waals surface area contributed by atoms with Gasteiger partial charge in [-0.15, -0.1) is 0 Å². The summed E-state index contributed by atoms with van der Waals surface area (Å²) in [6, 6.07) is 13.7. The summed E-state index contributed by atoms with van der Waals surface area (Å²) < 4.78 is 0. The highest BCUT2D eigenvalue weighted by atomic mass is 14.6. The number of hydrogen-bond acceptors (Lipinski definition) is 0. The molecule has 84 valence electrons. The topological polar surface area (TPSA) is 0 Å². The molecule has 0 nitrogen and oxygen atoms in total. The van der Waals surface area contributed by atoms with E-state index in [1.807, 2.05) is 0 Å². The van der Waals surface area contributed by atoms with Crippen LogP contribution in [0.5, 0.6) is 0 Å². The third-order valence-corrected chi connectivity index (χ3v) is 5.61. The minimum absolute atomic E-state index is 0.926. The van der Waals surface area contributed by atoms with Gasteiger partial charge in [0.25, 0.3) is 0 Å². The lowest BCUT2D eigenvalue weighted by Gasteiger charge is -2.43. The molecule has 2 aromatic carbocycles. The summed E-state index contributed by atoms with van der Waals surface area (Å²) in [5, 5.41) is 2.98. The van der Waals surface area contributed by atoms with Crippen LogP contribution in [-0.4, -0.2) is 0 Å². The fraction of sp³-hybridized carbons (Fsp3) is 0.412. The van der Waals surface area contributed by atoms with Crippen LogP contribution in [0.25, 0.3) is 10.8 Å². The van der Waals surface area contributed by atoms with Gasteiger partial charge in [0.15, 0.2) is 0 Å². The molecule has 2 fully saturated rings. The lowest BCUT2D eigenvalue weighted by molar-refractivity contribution is 0.325. The Morgan fingerprint density at radius 2 is 1.65 bits per heavy atom. The van der Waals surface area contributed by atoms with E-state index in [2.05, 4.69) is 36.4 Å². The van der Waals surface area contributed by atoms with Crippen LogP contribution in [0.1, 0.15) is 42.2 Å². The second-order valence-electron chi connectivity index (χ2n) is 6.17. The largest absolute Gasteiger partial charge is 0.0616 e. The number of hydrogen-bond donors (Lipinski definition) is 0. The van der Waals surface area contributed by atoms with Crippen molar-refractivity contribution in [3.8, 4) is 0 Å². The first kappa shape index (κ1) is 8.74. The molecule has 0 radical (unpaired) electrons. The summed E-state index contributed by atoms with van der Waals surface area (Å²) in [7, 11) is 0. The fourth-order valence-corrected chi connectivity index (χ4v) is 5.03. The van der Waals surface area contributed by atoms with E-state index < -0.39 is 0 Å². The Labute approximate surface area is 102 Å². The van der Waals surface area contributed by atoms with Gasteiger partial charge in [0.2, 0.25) is 0 Å². The summed E-state index contributed by atoms with van der Waals surface area (Å²) in [6.45, 7) is 0. The van der Waals surface area contributed by atoms with E-state index in [0.717, 1.165) is 23.7 Å². The molecule has 0 saturated heterocycles. The van der Waals surface area contributed by atoms with Crippen molar-refractivity contribution < 1.29 is 0 Å². The van der Waals surface area contributed by atoms with E-state index in [0.29, 0.717) is 0 Å². The maximum Gasteiger partial charge on any atom is -0.00529 e. The maximum absolute atomic E-state index is 2.42. The lowest BCUT2D eigenvalue weighted by atomic mass is 9.60. The zero-order valence-electron chi connectivity index (χ0n) is 9.89.